The van der Waals surface area contributed by atoms with Crippen LogP contribution in [0, 0.1) is 0 Å². The second-order valence-electron chi connectivity index (χ2n) is 6.66. The molecule has 0 aromatic rings. The molecule has 0 radical (unpaired) electrons. The first-order valence-electron chi connectivity index (χ1n) is 8.42. The molecule has 2 rings (SSSR count). The Balaban J connectivity index is 1.53. The van der Waals surface area contributed by atoms with Crippen molar-refractivity contribution in [3.8, 4) is 0 Å². The summed E-state index contributed by atoms with van der Waals surface area (Å²) in [5.74, 6) is 0.237. The number of nitrogens with one attached hydrogen (secondary N) is 2. The minimum atomic E-state index is 0.237. The molecule has 2 fully saturated rings. The third kappa shape index (κ3) is 5.80. The molecule has 2 N–H and O–H groups in total. The van der Waals surface area contributed by atoms with Gasteiger partial charge in [0.15, 0.2) is 0 Å². The molecule has 4 nitrogen and oxygen atoms in total. The summed E-state index contributed by atoms with van der Waals surface area (Å²) >= 11 is 0. The molecule has 116 valence electrons. The zero-order valence-electron chi connectivity index (χ0n) is 13.2. The first kappa shape index (κ1) is 15.8. The zero-order valence-corrected chi connectivity index (χ0v) is 13.2. The summed E-state index contributed by atoms with van der Waals surface area (Å²) in [4.78, 5) is 14.1. The molecule has 1 heterocycles. The van der Waals surface area contributed by atoms with Crippen molar-refractivity contribution in [2.24, 2.45) is 0 Å². The number of hydrogen-bond acceptors (Lipinski definition) is 3. The van der Waals surface area contributed by atoms with Crippen LogP contribution >= 0.6 is 0 Å². The van der Waals surface area contributed by atoms with Crippen molar-refractivity contribution in [2.75, 3.05) is 19.6 Å². The van der Waals surface area contributed by atoms with Crippen LogP contribution < -0.4 is 10.6 Å². The first-order chi connectivity index (χ1) is 9.65. The van der Waals surface area contributed by atoms with Crippen molar-refractivity contribution in [1.29, 1.82) is 0 Å². The van der Waals surface area contributed by atoms with Crippen molar-refractivity contribution < 1.29 is 4.79 Å². The predicted octanol–water partition coefficient (Wildman–Crippen LogP) is 1.90. The van der Waals surface area contributed by atoms with E-state index in [0.29, 0.717) is 24.5 Å². The SMILES string of the molecule is CC(C)N1CCCC(NCCCC(=O)NC2CC2)CC1. The Morgan fingerprint density at radius 2 is 1.95 bits per heavy atom. The van der Waals surface area contributed by atoms with Gasteiger partial charge in [-0.05, 0) is 72.0 Å². The maximum Gasteiger partial charge on any atom is 0.220 e. The van der Waals surface area contributed by atoms with E-state index in [0.717, 1.165) is 13.0 Å². The van der Waals surface area contributed by atoms with Gasteiger partial charge in [0.05, 0.1) is 0 Å². The molecular weight excluding hydrogens is 250 g/mol. The Hall–Kier alpha value is -0.610. The summed E-state index contributed by atoms with van der Waals surface area (Å²) in [6.45, 7) is 7.99. The van der Waals surface area contributed by atoms with E-state index in [-0.39, 0.29) is 5.91 Å². The molecule has 1 saturated carbocycles. The lowest BCUT2D eigenvalue weighted by atomic mass is 10.1. The molecular formula is C16H31N3O. The highest BCUT2D eigenvalue weighted by molar-refractivity contribution is 5.76. The number of amides is 1. The van der Waals surface area contributed by atoms with Crippen molar-refractivity contribution in [3.05, 3.63) is 0 Å². The van der Waals surface area contributed by atoms with Crippen LogP contribution in [0.3, 0.4) is 0 Å². The molecule has 0 aromatic heterocycles. The fourth-order valence-electron chi connectivity index (χ4n) is 2.92. The Labute approximate surface area is 123 Å². The summed E-state index contributed by atoms with van der Waals surface area (Å²) in [6, 6.07) is 1.81. The lowest BCUT2D eigenvalue weighted by Crippen LogP contribution is -2.34. The number of hydrogen-bond donors (Lipinski definition) is 2. The summed E-state index contributed by atoms with van der Waals surface area (Å²) < 4.78 is 0. The molecule has 2 aliphatic rings. The molecule has 4 heteroatoms. The molecule has 0 bridgehead atoms. The van der Waals surface area contributed by atoms with E-state index in [2.05, 4.69) is 29.4 Å². The maximum atomic E-state index is 11.6. The van der Waals surface area contributed by atoms with Gasteiger partial charge >= 0.3 is 0 Å². The Kier molecular flexibility index (Phi) is 6.30. The fraction of sp³-hybridized carbons (Fsp3) is 0.938. The van der Waals surface area contributed by atoms with Gasteiger partial charge in [0, 0.05) is 24.5 Å². The highest BCUT2D eigenvalue weighted by atomic mass is 16.1. The van der Waals surface area contributed by atoms with Crippen molar-refractivity contribution >= 4 is 5.91 Å². The van der Waals surface area contributed by atoms with E-state index in [1.807, 2.05) is 0 Å². The van der Waals surface area contributed by atoms with Crippen LogP contribution in [0.15, 0.2) is 0 Å². The summed E-state index contributed by atoms with van der Waals surface area (Å²) in [7, 11) is 0. The first-order valence-corrected chi connectivity index (χ1v) is 8.42. The van der Waals surface area contributed by atoms with Gasteiger partial charge < -0.3 is 15.5 Å². The molecule has 1 aliphatic carbocycles. The molecule has 0 aromatic carbocycles. The fourth-order valence-corrected chi connectivity index (χ4v) is 2.92. The number of likely N-dealkylation sites (tertiary alicyclic amines) is 1. The van der Waals surface area contributed by atoms with Crippen LogP contribution in [0.25, 0.3) is 0 Å². The van der Waals surface area contributed by atoms with E-state index in [1.54, 1.807) is 0 Å². The predicted molar refractivity (Wildman–Crippen MR) is 82.7 cm³/mol. The van der Waals surface area contributed by atoms with Crippen LogP contribution in [0.4, 0.5) is 0 Å². The van der Waals surface area contributed by atoms with Gasteiger partial charge in [-0.3, -0.25) is 4.79 Å². The Morgan fingerprint density at radius 3 is 2.65 bits per heavy atom. The topological polar surface area (TPSA) is 44.4 Å². The van der Waals surface area contributed by atoms with Crippen molar-refractivity contribution in [1.82, 2.24) is 15.5 Å². The van der Waals surface area contributed by atoms with Gasteiger partial charge in [-0.2, -0.15) is 0 Å². The molecule has 1 amide bonds. The summed E-state index contributed by atoms with van der Waals surface area (Å²) in [6.07, 6.45) is 7.80. The largest absolute Gasteiger partial charge is 0.353 e. The minimum Gasteiger partial charge on any atom is -0.353 e. The van der Waals surface area contributed by atoms with E-state index >= 15 is 0 Å². The monoisotopic (exact) mass is 281 g/mol. The van der Waals surface area contributed by atoms with Gasteiger partial charge in [0.2, 0.25) is 5.91 Å². The van der Waals surface area contributed by atoms with Gasteiger partial charge in [-0.15, -0.1) is 0 Å². The van der Waals surface area contributed by atoms with Crippen molar-refractivity contribution in [2.45, 2.75) is 76.9 Å². The van der Waals surface area contributed by atoms with E-state index in [4.69, 9.17) is 0 Å². The summed E-state index contributed by atoms with van der Waals surface area (Å²) in [5.41, 5.74) is 0. The van der Waals surface area contributed by atoms with Crippen LogP contribution in [-0.2, 0) is 4.79 Å². The van der Waals surface area contributed by atoms with E-state index in [9.17, 15) is 4.79 Å². The standard InChI is InChI=1S/C16H31N3O/c1-13(2)19-11-4-5-14(9-12-19)17-10-3-6-16(20)18-15-7-8-15/h13-15,17H,3-12H2,1-2H3,(H,18,20). The number of carbonyl (C=O) groups excluding carboxylic acids is 1. The lowest BCUT2D eigenvalue weighted by Gasteiger charge is -2.24. The van der Waals surface area contributed by atoms with Gasteiger partial charge in [0.1, 0.15) is 0 Å². The molecule has 0 spiro atoms. The number of rotatable bonds is 7. The van der Waals surface area contributed by atoms with Crippen LogP contribution in [-0.4, -0.2) is 48.6 Å². The number of nitrogens with zero attached hydrogens (tertiary/aromatic N) is 1. The maximum absolute atomic E-state index is 11.6. The molecule has 1 aliphatic heterocycles. The highest BCUT2D eigenvalue weighted by Gasteiger charge is 2.23. The minimum absolute atomic E-state index is 0.237. The average molecular weight is 281 g/mol. The third-order valence-corrected chi connectivity index (χ3v) is 4.45. The third-order valence-electron chi connectivity index (χ3n) is 4.45. The Bertz CT molecular complexity index is 302. The Morgan fingerprint density at radius 1 is 1.15 bits per heavy atom. The van der Waals surface area contributed by atoms with Crippen LogP contribution in [0.5, 0.6) is 0 Å². The second kappa shape index (κ2) is 7.99. The normalized spacial score (nSPS) is 24.6. The highest BCUT2D eigenvalue weighted by Crippen LogP contribution is 2.18. The van der Waals surface area contributed by atoms with E-state index < -0.39 is 0 Å². The van der Waals surface area contributed by atoms with Crippen LogP contribution in [0.1, 0.15) is 58.8 Å². The smallest absolute Gasteiger partial charge is 0.220 e. The molecule has 1 atom stereocenters. The lowest BCUT2D eigenvalue weighted by molar-refractivity contribution is -0.121. The summed E-state index contributed by atoms with van der Waals surface area (Å²) in [5, 5.41) is 6.69. The number of carbonyl (C=O) groups is 1. The average Bonchev–Trinajstić information content (AvgIpc) is 3.21. The van der Waals surface area contributed by atoms with E-state index in [1.165, 1.54) is 45.2 Å². The van der Waals surface area contributed by atoms with Gasteiger partial charge in [-0.1, -0.05) is 0 Å². The second-order valence-corrected chi connectivity index (χ2v) is 6.66. The van der Waals surface area contributed by atoms with Crippen molar-refractivity contribution in [3.63, 3.8) is 0 Å². The quantitative estimate of drug-likeness (QED) is 0.701. The van der Waals surface area contributed by atoms with Crippen LogP contribution in [0.2, 0.25) is 0 Å². The molecule has 20 heavy (non-hydrogen) atoms. The van der Waals surface area contributed by atoms with Gasteiger partial charge in [-0.25, -0.2) is 0 Å². The molecule has 1 saturated heterocycles. The van der Waals surface area contributed by atoms with Gasteiger partial charge in [0.25, 0.3) is 0 Å². The zero-order chi connectivity index (χ0) is 14.4. The molecule has 1 unspecified atom stereocenters.